The molecule has 4 nitrogen and oxygen atoms in total. The molecule has 2 aromatic carbocycles. The van der Waals surface area contributed by atoms with Gasteiger partial charge in [-0.1, -0.05) is 48.0 Å². The topological polar surface area (TPSA) is 46.6 Å². The van der Waals surface area contributed by atoms with Crippen molar-refractivity contribution in [1.29, 1.82) is 0 Å². The van der Waals surface area contributed by atoms with Crippen molar-refractivity contribution >= 4 is 21.6 Å². The quantitative estimate of drug-likeness (QED) is 0.736. The molecule has 140 valence electrons. The predicted molar refractivity (Wildman–Crippen MR) is 104 cm³/mol. The molecule has 0 radical (unpaired) electrons. The van der Waals surface area contributed by atoms with E-state index in [1.165, 1.54) is 0 Å². The highest BCUT2D eigenvalue weighted by Crippen LogP contribution is 2.27. The highest BCUT2D eigenvalue weighted by Gasteiger charge is 2.31. The Kier molecular flexibility index (Phi) is 6.35. The average Bonchev–Trinajstić information content (AvgIpc) is 2.65. The standard InChI is InChI=1S/C20H24ClNO3S/c1-16-9-10-19(21)12-20(16)26(23,24)22-11-5-8-18(13-22)15-25-14-17-6-3-2-4-7-17/h2-4,6-7,9-10,12,18H,5,8,11,13-15H2,1H3. The maximum absolute atomic E-state index is 13.0. The van der Waals surface area contributed by atoms with Gasteiger partial charge < -0.3 is 4.74 Å². The molecule has 0 spiro atoms. The number of sulfonamides is 1. The van der Waals surface area contributed by atoms with Crippen LogP contribution >= 0.6 is 11.6 Å². The van der Waals surface area contributed by atoms with Crippen LogP contribution in [0.1, 0.15) is 24.0 Å². The van der Waals surface area contributed by atoms with Gasteiger partial charge in [0.2, 0.25) is 10.0 Å². The van der Waals surface area contributed by atoms with Crippen LogP contribution in [0, 0.1) is 12.8 Å². The number of ether oxygens (including phenoxy) is 1. The summed E-state index contributed by atoms with van der Waals surface area (Å²) in [6, 6.07) is 15.0. The van der Waals surface area contributed by atoms with E-state index in [2.05, 4.69) is 0 Å². The fourth-order valence-corrected chi connectivity index (χ4v) is 5.33. The van der Waals surface area contributed by atoms with E-state index in [1.54, 1.807) is 29.4 Å². The third kappa shape index (κ3) is 4.65. The van der Waals surface area contributed by atoms with Gasteiger partial charge in [-0.2, -0.15) is 4.31 Å². The van der Waals surface area contributed by atoms with Crippen LogP contribution in [0.4, 0.5) is 0 Å². The number of piperidine rings is 1. The Bertz CT molecular complexity index is 839. The number of aryl methyl sites for hydroxylation is 1. The first-order chi connectivity index (χ1) is 12.5. The van der Waals surface area contributed by atoms with Gasteiger partial charge in [-0.05, 0) is 48.9 Å². The molecule has 0 aromatic heterocycles. The van der Waals surface area contributed by atoms with E-state index in [0.29, 0.717) is 36.2 Å². The van der Waals surface area contributed by atoms with Crippen LogP contribution < -0.4 is 0 Å². The first kappa shape index (κ1) is 19.4. The zero-order chi connectivity index (χ0) is 18.6. The minimum absolute atomic E-state index is 0.210. The summed E-state index contributed by atoms with van der Waals surface area (Å²) in [4.78, 5) is 0.302. The molecule has 0 amide bonds. The van der Waals surface area contributed by atoms with Crippen LogP contribution in [-0.4, -0.2) is 32.4 Å². The predicted octanol–water partition coefficient (Wildman–Crippen LogP) is 4.27. The van der Waals surface area contributed by atoms with Crippen LogP contribution in [0.5, 0.6) is 0 Å². The second-order valence-corrected chi connectivity index (χ2v) is 9.12. The van der Waals surface area contributed by atoms with Gasteiger partial charge in [0.15, 0.2) is 0 Å². The third-order valence-electron chi connectivity index (χ3n) is 4.71. The second kappa shape index (κ2) is 8.53. The van der Waals surface area contributed by atoms with E-state index >= 15 is 0 Å². The van der Waals surface area contributed by atoms with E-state index in [-0.39, 0.29) is 5.92 Å². The van der Waals surface area contributed by atoms with Crippen LogP contribution in [0.15, 0.2) is 53.4 Å². The smallest absolute Gasteiger partial charge is 0.243 e. The lowest BCUT2D eigenvalue weighted by Gasteiger charge is -2.32. The molecule has 1 saturated heterocycles. The number of benzene rings is 2. The zero-order valence-electron chi connectivity index (χ0n) is 14.9. The average molecular weight is 394 g/mol. The highest BCUT2D eigenvalue weighted by molar-refractivity contribution is 7.89. The van der Waals surface area contributed by atoms with Gasteiger partial charge in [-0.25, -0.2) is 8.42 Å². The summed E-state index contributed by atoms with van der Waals surface area (Å²) in [5.41, 5.74) is 1.85. The molecule has 1 heterocycles. The zero-order valence-corrected chi connectivity index (χ0v) is 16.5. The third-order valence-corrected chi connectivity index (χ3v) is 6.96. The first-order valence-electron chi connectivity index (χ1n) is 8.85. The molecule has 26 heavy (non-hydrogen) atoms. The molecule has 0 saturated carbocycles. The Morgan fingerprint density at radius 1 is 1.19 bits per heavy atom. The van der Waals surface area contributed by atoms with E-state index in [9.17, 15) is 8.42 Å². The summed E-state index contributed by atoms with van der Waals surface area (Å²) in [5.74, 6) is 0.210. The molecule has 3 rings (SSSR count). The molecule has 6 heteroatoms. The fraction of sp³-hybridized carbons (Fsp3) is 0.400. The highest BCUT2D eigenvalue weighted by atomic mass is 35.5. The van der Waals surface area contributed by atoms with Gasteiger partial charge >= 0.3 is 0 Å². The molecule has 1 atom stereocenters. The lowest BCUT2D eigenvalue weighted by atomic mass is 10.0. The largest absolute Gasteiger partial charge is 0.376 e. The van der Waals surface area contributed by atoms with Crippen molar-refractivity contribution in [2.24, 2.45) is 5.92 Å². The molecular formula is C20H24ClNO3S. The van der Waals surface area contributed by atoms with Crippen molar-refractivity contribution in [2.45, 2.75) is 31.3 Å². The molecule has 1 aliphatic heterocycles. The number of hydrogen-bond donors (Lipinski definition) is 0. The van der Waals surface area contributed by atoms with Crippen molar-refractivity contribution in [3.05, 3.63) is 64.7 Å². The summed E-state index contributed by atoms with van der Waals surface area (Å²) >= 11 is 6.01. The summed E-state index contributed by atoms with van der Waals surface area (Å²) in [7, 11) is -3.53. The Labute approximate surface area is 160 Å². The van der Waals surface area contributed by atoms with Gasteiger partial charge in [0, 0.05) is 18.1 Å². The van der Waals surface area contributed by atoms with Crippen molar-refractivity contribution in [3.63, 3.8) is 0 Å². The molecule has 1 fully saturated rings. The second-order valence-electron chi connectivity index (χ2n) is 6.78. The summed E-state index contributed by atoms with van der Waals surface area (Å²) in [5, 5.41) is 0.439. The van der Waals surface area contributed by atoms with Crippen LogP contribution in [-0.2, 0) is 21.4 Å². The monoisotopic (exact) mass is 393 g/mol. The Hall–Kier alpha value is -1.40. The van der Waals surface area contributed by atoms with Crippen molar-refractivity contribution in [1.82, 2.24) is 4.31 Å². The van der Waals surface area contributed by atoms with Gasteiger partial charge in [-0.15, -0.1) is 0 Å². The minimum Gasteiger partial charge on any atom is -0.376 e. The van der Waals surface area contributed by atoms with E-state index in [4.69, 9.17) is 16.3 Å². The van der Waals surface area contributed by atoms with Crippen LogP contribution in [0.25, 0.3) is 0 Å². The van der Waals surface area contributed by atoms with Gasteiger partial charge in [0.1, 0.15) is 0 Å². The molecule has 1 unspecified atom stereocenters. The lowest BCUT2D eigenvalue weighted by Crippen LogP contribution is -2.41. The molecule has 2 aromatic rings. The van der Waals surface area contributed by atoms with Gasteiger partial charge in [0.05, 0.1) is 18.1 Å². The minimum atomic E-state index is -3.53. The van der Waals surface area contributed by atoms with Crippen LogP contribution in [0.2, 0.25) is 5.02 Å². The Morgan fingerprint density at radius 2 is 1.96 bits per heavy atom. The molecule has 0 N–H and O–H groups in total. The van der Waals surface area contributed by atoms with Gasteiger partial charge in [0.25, 0.3) is 0 Å². The number of nitrogens with zero attached hydrogens (tertiary/aromatic N) is 1. The molecular weight excluding hydrogens is 370 g/mol. The number of halogens is 1. The van der Waals surface area contributed by atoms with Crippen LogP contribution in [0.3, 0.4) is 0 Å². The summed E-state index contributed by atoms with van der Waals surface area (Å²) in [6.45, 7) is 3.95. The van der Waals surface area contributed by atoms with Gasteiger partial charge in [-0.3, -0.25) is 0 Å². The van der Waals surface area contributed by atoms with E-state index < -0.39 is 10.0 Å². The number of rotatable bonds is 6. The van der Waals surface area contributed by atoms with Crippen molar-refractivity contribution < 1.29 is 13.2 Å². The fourth-order valence-electron chi connectivity index (χ4n) is 3.29. The maximum atomic E-state index is 13.0. The van der Waals surface area contributed by atoms with E-state index in [0.717, 1.165) is 24.0 Å². The maximum Gasteiger partial charge on any atom is 0.243 e. The van der Waals surface area contributed by atoms with E-state index in [1.807, 2.05) is 30.3 Å². The summed E-state index contributed by atoms with van der Waals surface area (Å²) in [6.07, 6.45) is 1.83. The molecule has 1 aliphatic rings. The number of hydrogen-bond acceptors (Lipinski definition) is 3. The molecule has 0 aliphatic carbocycles. The normalized spacial score (nSPS) is 18.8. The van der Waals surface area contributed by atoms with Crippen molar-refractivity contribution in [3.8, 4) is 0 Å². The Balaban J connectivity index is 1.63. The first-order valence-corrected chi connectivity index (χ1v) is 10.7. The van der Waals surface area contributed by atoms with Crippen molar-refractivity contribution in [2.75, 3.05) is 19.7 Å². The summed E-state index contributed by atoms with van der Waals surface area (Å²) < 4.78 is 33.5. The Morgan fingerprint density at radius 3 is 2.73 bits per heavy atom. The lowest BCUT2D eigenvalue weighted by molar-refractivity contribution is 0.0672. The molecule has 0 bridgehead atoms. The SMILES string of the molecule is Cc1ccc(Cl)cc1S(=O)(=O)N1CCCC(COCc2ccccc2)C1.